The molecule has 2 heterocycles. The highest BCUT2D eigenvalue weighted by atomic mass is 16.5. The number of ketones is 1. The predicted octanol–water partition coefficient (Wildman–Crippen LogP) is 2.95. The molecular weight excluding hydrogens is 438 g/mol. The maximum Gasteiger partial charge on any atom is 0.319 e. The Labute approximate surface area is 197 Å². The fourth-order valence-corrected chi connectivity index (χ4v) is 3.05. The van der Waals surface area contributed by atoms with Crippen LogP contribution in [0.2, 0.25) is 0 Å². The number of carbonyl (C=O) groups is 3. The molecule has 2 aromatic heterocycles. The smallest absolute Gasteiger partial charge is 0.319 e. The van der Waals surface area contributed by atoms with Crippen molar-refractivity contribution in [1.82, 2.24) is 14.7 Å². The summed E-state index contributed by atoms with van der Waals surface area (Å²) in [7, 11) is 0. The second kappa shape index (κ2) is 10.9. The first-order valence-corrected chi connectivity index (χ1v) is 10.9. The van der Waals surface area contributed by atoms with Crippen molar-refractivity contribution in [2.24, 2.45) is 5.41 Å². The number of aliphatic hydroxyl groups excluding tert-OH is 1. The second-order valence-corrected chi connectivity index (χ2v) is 8.64. The van der Waals surface area contributed by atoms with Crippen LogP contribution >= 0.6 is 0 Å². The number of anilines is 2. The van der Waals surface area contributed by atoms with Crippen LogP contribution in [0.1, 0.15) is 41.6 Å². The molecule has 180 valence electrons. The molecule has 10 nitrogen and oxygen atoms in total. The molecular formula is C24H29N5O5. The van der Waals surface area contributed by atoms with Crippen LogP contribution in [0.15, 0.2) is 48.8 Å². The van der Waals surface area contributed by atoms with Crippen LogP contribution in [0.25, 0.3) is 5.65 Å². The Bertz CT molecular complexity index is 1160. The summed E-state index contributed by atoms with van der Waals surface area (Å²) < 4.78 is 6.77. The van der Waals surface area contributed by atoms with E-state index in [1.165, 1.54) is 0 Å². The van der Waals surface area contributed by atoms with Gasteiger partial charge in [0.15, 0.2) is 5.78 Å². The number of amides is 3. The van der Waals surface area contributed by atoms with Crippen LogP contribution in [0.4, 0.5) is 16.2 Å². The number of benzene rings is 1. The Hall–Kier alpha value is -3.76. The molecule has 0 aliphatic carbocycles. The van der Waals surface area contributed by atoms with E-state index in [0.717, 1.165) is 0 Å². The minimum absolute atomic E-state index is 0.0563. The number of carbonyl (C=O) groups excluding carboxylic acids is 3. The van der Waals surface area contributed by atoms with Gasteiger partial charge in [-0.15, -0.1) is 0 Å². The zero-order chi connectivity index (χ0) is 24.7. The summed E-state index contributed by atoms with van der Waals surface area (Å²) in [6, 6.07) is 9.50. The van der Waals surface area contributed by atoms with Gasteiger partial charge in [-0.05, 0) is 36.4 Å². The molecule has 0 aliphatic rings. The van der Waals surface area contributed by atoms with E-state index in [1.54, 1.807) is 53.2 Å². The molecule has 34 heavy (non-hydrogen) atoms. The van der Waals surface area contributed by atoms with Gasteiger partial charge in [0.05, 0.1) is 25.5 Å². The predicted molar refractivity (Wildman–Crippen MR) is 128 cm³/mol. The number of hydrogen-bond donors (Lipinski definition) is 4. The van der Waals surface area contributed by atoms with E-state index in [1.807, 2.05) is 20.8 Å². The Morgan fingerprint density at radius 1 is 0.971 bits per heavy atom. The van der Waals surface area contributed by atoms with Gasteiger partial charge < -0.3 is 30.2 Å². The second-order valence-electron chi connectivity index (χ2n) is 8.64. The normalized spacial score (nSPS) is 11.3. The first kappa shape index (κ1) is 24.9. The lowest BCUT2D eigenvalue weighted by molar-refractivity contribution is 0.0853. The number of Topliss-reactive ketones (excluding diaryl/α,β-unsaturated/α-hetero) is 1. The Morgan fingerprint density at radius 3 is 2.35 bits per heavy atom. The molecule has 3 aromatic rings. The highest BCUT2D eigenvalue weighted by molar-refractivity contribution is 6.04. The monoisotopic (exact) mass is 467 g/mol. The first-order chi connectivity index (χ1) is 16.2. The SMILES string of the molecule is CC(C)(C)C(=O)c1cn2cc(NC(=O)c3ccc(NC(=O)NCCOCCO)cc3)ccc2n1. The number of fused-ring (bicyclic) bond motifs is 1. The van der Waals surface area contributed by atoms with Gasteiger partial charge in [-0.1, -0.05) is 20.8 Å². The van der Waals surface area contributed by atoms with Crippen molar-refractivity contribution in [2.45, 2.75) is 20.8 Å². The van der Waals surface area contributed by atoms with Gasteiger partial charge in [-0.3, -0.25) is 9.59 Å². The average Bonchev–Trinajstić information content (AvgIpc) is 3.21. The summed E-state index contributed by atoms with van der Waals surface area (Å²) in [6.07, 6.45) is 3.35. The van der Waals surface area contributed by atoms with Crippen molar-refractivity contribution >= 4 is 34.7 Å². The fourth-order valence-electron chi connectivity index (χ4n) is 3.05. The maximum atomic E-state index is 12.6. The van der Waals surface area contributed by atoms with Crippen LogP contribution in [0.3, 0.4) is 0 Å². The van der Waals surface area contributed by atoms with Crippen molar-refractivity contribution < 1.29 is 24.2 Å². The van der Waals surface area contributed by atoms with Crippen LogP contribution in [0.5, 0.6) is 0 Å². The summed E-state index contributed by atoms with van der Waals surface area (Å²) >= 11 is 0. The summed E-state index contributed by atoms with van der Waals surface area (Å²) in [4.78, 5) is 41.4. The lowest BCUT2D eigenvalue weighted by Gasteiger charge is -2.13. The highest BCUT2D eigenvalue weighted by Gasteiger charge is 2.25. The third-order valence-corrected chi connectivity index (χ3v) is 4.80. The van der Waals surface area contributed by atoms with Crippen molar-refractivity contribution in [2.75, 3.05) is 37.0 Å². The number of imidazole rings is 1. The third-order valence-electron chi connectivity index (χ3n) is 4.80. The number of aliphatic hydroxyl groups is 1. The minimum Gasteiger partial charge on any atom is -0.394 e. The third kappa shape index (κ3) is 6.63. The number of rotatable bonds is 9. The molecule has 0 radical (unpaired) electrons. The largest absolute Gasteiger partial charge is 0.394 e. The number of aromatic nitrogens is 2. The topological polar surface area (TPSA) is 134 Å². The van der Waals surface area contributed by atoms with Gasteiger partial charge in [0.25, 0.3) is 5.91 Å². The fraction of sp³-hybridized carbons (Fsp3) is 0.333. The number of hydrogen-bond acceptors (Lipinski definition) is 6. The zero-order valence-electron chi connectivity index (χ0n) is 19.4. The van der Waals surface area contributed by atoms with E-state index >= 15 is 0 Å². The van der Waals surface area contributed by atoms with Crippen molar-refractivity contribution in [3.05, 3.63) is 60.0 Å². The zero-order valence-corrected chi connectivity index (χ0v) is 19.4. The molecule has 3 rings (SSSR count). The number of ether oxygens (including phenoxy) is 1. The maximum absolute atomic E-state index is 12.6. The van der Waals surface area contributed by atoms with Gasteiger partial charge in [-0.25, -0.2) is 9.78 Å². The van der Waals surface area contributed by atoms with Gasteiger partial charge in [0.1, 0.15) is 11.3 Å². The van der Waals surface area contributed by atoms with E-state index in [0.29, 0.717) is 41.4 Å². The summed E-state index contributed by atoms with van der Waals surface area (Å²) in [5, 5.41) is 16.7. The molecule has 4 N–H and O–H groups in total. The molecule has 0 bridgehead atoms. The molecule has 1 aromatic carbocycles. The standard InChI is InChI=1S/C24H29N5O5/c1-24(2,3)21(31)19-15-29-14-18(8-9-20(29)28-19)26-22(32)16-4-6-17(7-5-16)27-23(33)25-10-12-34-13-11-30/h4-9,14-15,30H,10-13H2,1-3H3,(H,26,32)(H2,25,27,33). The minimum atomic E-state index is -0.536. The highest BCUT2D eigenvalue weighted by Crippen LogP contribution is 2.21. The Balaban J connectivity index is 1.58. The molecule has 0 spiro atoms. The lowest BCUT2D eigenvalue weighted by atomic mass is 9.89. The molecule has 0 atom stereocenters. The van der Waals surface area contributed by atoms with E-state index in [-0.39, 0.29) is 24.9 Å². The van der Waals surface area contributed by atoms with Gasteiger partial charge >= 0.3 is 6.03 Å². The molecule has 0 aliphatic heterocycles. The van der Waals surface area contributed by atoms with Gasteiger partial charge in [0.2, 0.25) is 0 Å². The first-order valence-electron chi connectivity index (χ1n) is 10.9. The van der Waals surface area contributed by atoms with Crippen LogP contribution in [0, 0.1) is 5.41 Å². The van der Waals surface area contributed by atoms with E-state index in [4.69, 9.17) is 9.84 Å². The van der Waals surface area contributed by atoms with Crippen LogP contribution in [-0.2, 0) is 4.74 Å². The number of nitrogens with zero attached hydrogens (tertiary/aromatic N) is 2. The number of nitrogens with one attached hydrogen (secondary N) is 3. The molecule has 10 heteroatoms. The average molecular weight is 468 g/mol. The lowest BCUT2D eigenvalue weighted by Crippen LogP contribution is -2.31. The molecule has 0 saturated carbocycles. The van der Waals surface area contributed by atoms with E-state index in [9.17, 15) is 14.4 Å². The van der Waals surface area contributed by atoms with Gasteiger partial charge in [0, 0.05) is 35.6 Å². The quantitative estimate of drug-likeness (QED) is 0.282. The summed E-state index contributed by atoms with van der Waals surface area (Å²) in [5.74, 6) is -0.373. The summed E-state index contributed by atoms with van der Waals surface area (Å²) in [6.45, 7) is 6.28. The molecule has 0 saturated heterocycles. The Morgan fingerprint density at radius 2 is 1.68 bits per heavy atom. The molecule has 0 unspecified atom stereocenters. The van der Waals surface area contributed by atoms with Gasteiger partial charge in [-0.2, -0.15) is 0 Å². The Kier molecular flexibility index (Phi) is 7.98. The molecule has 3 amide bonds. The summed E-state index contributed by atoms with van der Waals surface area (Å²) in [5.41, 5.74) is 1.94. The van der Waals surface area contributed by atoms with Crippen molar-refractivity contribution in [1.29, 1.82) is 0 Å². The molecule has 0 fully saturated rings. The van der Waals surface area contributed by atoms with E-state index < -0.39 is 11.4 Å². The van der Waals surface area contributed by atoms with Crippen molar-refractivity contribution in [3.63, 3.8) is 0 Å². The van der Waals surface area contributed by atoms with Crippen LogP contribution in [-0.4, -0.2) is 58.6 Å². The van der Waals surface area contributed by atoms with E-state index in [2.05, 4.69) is 20.9 Å². The number of urea groups is 1. The number of pyridine rings is 1. The van der Waals surface area contributed by atoms with Crippen LogP contribution < -0.4 is 16.0 Å². The van der Waals surface area contributed by atoms with Crippen molar-refractivity contribution in [3.8, 4) is 0 Å².